The highest BCUT2D eigenvalue weighted by molar-refractivity contribution is 7.90. The molecule has 1 amide bonds. The van der Waals surface area contributed by atoms with Crippen molar-refractivity contribution in [2.24, 2.45) is 0 Å². The predicted molar refractivity (Wildman–Crippen MR) is 111 cm³/mol. The van der Waals surface area contributed by atoms with E-state index in [1.54, 1.807) is 24.3 Å². The van der Waals surface area contributed by atoms with Crippen LogP contribution in [0.2, 0.25) is 0 Å². The maximum Gasteiger partial charge on any atom is 0.226 e. The number of carbonyl (C=O) groups excluding carboxylic acids is 1. The van der Waals surface area contributed by atoms with Crippen molar-refractivity contribution in [3.63, 3.8) is 0 Å². The Morgan fingerprint density at radius 2 is 1.61 bits per heavy atom. The molecular weight excluding hydrogens is 372 g/mol. The summed E-state index contributed by atoms with van der Waals surface area (Å²) in [6.07, 6.45) is 3.43. The van der Waals surface area contributed by atoms with Crippen LogP contribution in [0.25, 0.3) is 0 Å². The molecule has 0 aromatic heterocycles. The number of piperidine rings is 1. The highest BCUT2D eigenvalue weighted by atomic mass is 32.2. The van der Waals surface area contributed by atoms with Gasteiger partial charge in [0.25, 0.3) is 0 Å². The molecule has 2 aromatic rings. The van der Waals surface area contributed by atoms with Crippen LogP contribution in [0.1, 0.15) is 24.0 Å². The van der Waals surface area contributed by atoms with E-state index in [2.05, 4.69) is 29.2 Å². The molecule has 3 rings (SSSR count). The van der Waals surface area contributed by atoms with E-state index < -0.39 is 9.84 Å². The lowest BCUT2D eigenvalue weighted by molar-refractivity contribution is -0.132. The molecule has 0 spiro atoms. The first-order valence-electron chi connectivity index (χ1n) is 9.64. The molecule has 0 unspecified atom stereocenters. The Hall–Kier alpha value is -2.18. The normalized spacial score (nSPS) is 16.1. The van der Waals surface area contributed by atoms with Gasteiger partial charge in [0.15, 0.2) is 9.84 Å². The van der Waals surface area contributed by atoms with Crippen LogP contribution >= 0.6 is 0 Å². The Bertz CT molecular complexity index is 887. The summed E-state index contributed by atoms with van der Waals surface area (Å²) in [5.41, 5.74) is 2.16. The van der Waals surface area contributed by atoms with Crippen LogP contribution in [0.3, 0.4) is 0 Å². The van der Waals surface area contributed by atoms with Crippen LogP contribution < -0.4 is 0 Å². The minimum atomic E-state index is -3.21. The van der Waals surface area contributed by atoms with Crippen molar-refractivity contribution in [1.82, 2.24) is 9.80 Å². The van der Waals surface area contributed by atoms with E-state index in [1.807, 2.05) is 18.0 Å². The number of carbonyl (C=O) groups is 1. The second-order valence-corrected chi connectivity index (χ2v) is 9.61. The number of nitrogens with zero attached hydrogens (tertiary/aromatic N) is 2. The molecule has 0 radical (unpaired) electrons. The van der Waals surface area contributed by atoms with Crippen molar-refractivity contribution in [3.05, 3.63) is 65.7 Å². The molecule has 0 N–H and O–H groups in total. The molecular formula is C22H28N2O3S. The van der Waals surface area contributed by atoms with Crippen molar-refractivity contribution < 1.29 is 13.2 Å². The van der Waals surface area contributed by atoms with Crippen molar-refractivity contribution >= 4 is 15.7 Å². The first kappa shape index (κ1) is 20.6. The Morgan fingerprint density at radius 1 is 1.00 bits per heavy atom. The molecule has 1 saturated heterocycles. The number of amides is 1. The molecule has 0 saturated carbocycles. The maximum absolute atomic E-state index is 12.7. The summed E-state index contributed by atoms with van der Waals surface area (Å²) in [5, 5.41) is 0. The van der Waals surface area contributed by atoms with Gasteiger partial charge in [-0.3, -0.25) is 9.69 Å². The standard InChI is InChI=1S/C22H28N2O3S/c1-23(22(25)16-18-8-10-21(11-9-18)28(2,26)27)20-12-14-24(15-13-20)17-19-6-4-3-5-7-19/h3-11,20H,12-17H2,1-2H3. The zero-order valence-corrected chi connectivity index (χ0v) is 17.4. The molecule has 1 heterocycles. The van der Waals surface area contributed by atoms with Crippen LogP contribution in [0, 0.1) is 0 Å². The highest BCUT2D eigenvalue weighted by Crippen LogP contribution is 2.19. The SMILES string of the molecule is CN(C(=O)Cc1ccc(S(C)(=O)=O)cc1)C1CCN(Cc2ccccc2)CC1. The lowest BCUT2D eigenvalue weighted by atomic mass is 10.0. The van der Waals surface area contributed by atoms with Gasteiger partial charge in [-0.25, -0.2) is 8.42 Å². The molecule has 150 valence electrons. The van der Waals surface area contributed by atoms with Crippen molar-refractivity contribution in [2.45, 2.75) is 36.7 Å². The summed E-state index contributed by atoms with van der Waals surface area (Å²) in [7, 11) is -1.33. The zero-order valence-electron chi connectivity index (χ0n) is 16.5. The zero-order chi connectivity index (χ0) is 20.1. The number of benzene rings is 2. The van der Waals surface area contributed by atoms with Crippen molar-refractivity contribution in [3.8, 4) is 0 Å². The topological polar surface area (TPSA) is 57.7 Å². The fourth-order valence-electron chi connectivity index (χ4n) is 3.66. The van der Waals surface area contributed by atoms with Crippen LogP contribution in [-0.4, -0.2) is 56.6 Å². The van der Waals surface area contributed by atoms with Crippen LogP contribution in [0.15, 0.2) is 59.5 Å². The van der Waals surface area contributed by atoms with E-state index in [0.717, 1.165) is 38.0 Å². The minimum absolute atomic E-state index is 0.0774. The maximum atomic E-state index is 12.7. The number of hydrogen-bond acceptors (Lipinski definition) is 4. The van der Waals surface area contributed by atoms with Gasteiger partial charge in [0, 0.05) is 39.0 Å². The molecule has 5 nitrogen and oxygen atoms in total. The van der Waals surface area contributed by atoms with Gasteiger partial charge < -0.3 is 4.90 Å². The van der Waals surface area contributed by atoms with Crippen LogP contribution in [0.4, 0.5) is 0 Å². The summed E-state index contributed by atoms with van der Waals surface area (Å²) >= 11 is 0. The Kier molecular flexibility index (Phi) is 6.52. The molecule has 0 aliphatic carbocycles. The average Bonchev–Trinajstić information content (AvgIpc) is 2.68. The third-order valence-electron chi connectivity index (χ3n) is 5.45. The quantitative estimate of drug-likeness (QED) is 0.748. The second-order valence-electron chi connectivity index (χ2n) is 7.59. The van der Waals surface area contributed by atoms with E-state index in [4.69, 9.17) is 0 Å². The number of hydrogen-bond donors (Lipinski definition) is 0. The molecule has 1 fully saturated rings. The lowest BCUT2D eigenvalue weighted by Gasteiger charge is -2.37. The number of likely N-dealkylation sites (tertiary alicyclic amines) is 1. The van der Waals surface area contributed by atoms with Gasteiger partial charge in [0.05, 0.1) is 11.3 Å². The van der Waals surface area contributed by atoms with Crippen molar-refractivity contribution in [2.75, 3.05) is 26.4 Å². The molecule has 0 atom stereocenters. The third-order valence-corrected chi connectivity index (χ3v) is 6.58. The largest absolute Gasteiger partial charge is 0.342 e. The molecule has 6 heteroatoms. The van der Waals surface area contributed by atoms with Gasteiger partial charge in [-0.1, -0.05) is 42.5 Å². The van der Waals surface area contributed by atoms with E-state index in [-0.39, 0.29) is 16.8 Å². The lowest BCUT2D eigenvalue weighted by Crippen LogP contribution is -2.45. The van der Waals surface area contributed by atoms with Gasteiger partial charge in [-0.05, 0) is 36.1 Å². The second kappa shape index (κ2) is 8.88. The third kappa shape index (κ3) is 5.42. The van der Waals surface area contributed by atoms with E-state index >= 15 is 0 Å². The Labute approximate surface area is 167 Å². The summed E-state index contributed by atoms with van der Waals surface area (Å²) in [4.78, 5) is 17.2. The Morgan fingerprint density at radius 3 is 2.18 bits per heavy atom. The smallest absolute Gasteiger partial charge is 0.226 e. The van der Waals surface area contributed by atoms with Gasteiger partial charge in [-0.15, -0.1) is 0 Å². The number of rotatable bonds is 6. The molecule has 1 aliphatic heterocycles. The van der Waals surface area contributed by atoms with Crippen LogP contribution in [-0.2, 0) is 27.6 Å². The van der Waals surface area contributed by atoms with Crippen molar-refractivity contribution in [1.29, 1.82) is 0 Å². The number of sulfone groups is 1. The molecule has 28 heavy (non-hydrogen) atoms. The summed E-state index contributed by atoms with van der Waals surface area (Å²) < 4.78 is 23.1. The molecule has 0 bridgehead atoms. The summed E-state index contributed by atoms with van der Waals surface area (Å²) in [5.74, 6) is 0.0774. The predicted octanol–water partition coefficient (Wildman–Crippen LogP) is 2.76. The van der Waals surface area contributed by atoms with E-state index in [0.29, 0.717) is 6.42 Å². The molecule has 1 aliphatic rings. The first-order chi connectivity index (χ1) is 13.3. The monoisotopic (exact) mass is 400 g/mol. The highest BCUT2D eigenvalue weighted by Gasteiger charge is 2.25. The van der Waals surface area contributed by atoms with Crippen LogP contribution in [0.5, 0.6) is 0 Å². The van der Waals surface area contributed by atoms with E-state index in [1.165, 1.54) is 11.8 Å². The van der Waals surface area contributed by atoms with Gasteiger partial charge in [-0.2, -0.15) is 0 Å². The van der Waals surface area contributed by atoms with Gasteiger partial charge in [0.2, 0.25) is 5.91 Å². The summed E-state index contributed by atoms with van der Waals surface area (Å²) in [6.45, 7) is 2.93. The van der Waals surface area contributed by atoms with E-state index in [9.17, 15) is 13.2 Å². The Balaban J connectivity index is 1.50. The fraction of sp³-hybridized carbons (Fsp3) is 0.409. The first-order valence-corrected chi connectivity index (χ1v) is 11.5. The fourth-order valence-corrected chi connectivity index (χ4v) is 4.29. The average molecular weight is 401 g/mol. The number of likely N-dealkylation sites (N-methyl/N-ethyl adjacent to an activating group) is 1. The molecule has 2 aromatic carbocycles. The van der Waals surface area contributed by atoms with Gasteiger partial charge in [0.1, 0.15) is 0 Å². The minimum Gasteiger partial charge on any atom is -0.342 e. The van der Waals surface area contributed by atoms with Gasteiger partial charge >= 0.3 is 0 Å². The summed E-state index contributed by atoms with van der Waals surface area (Å²) in [6, 6.07) is 17.3.